The van der Waals surface area contributed by atoms with Crippen LogP contribution in [0.3, 0.4) is 0 Å². The van der Waals surface area contributed by atoms with Gasteiger partial charge in [-0.25, -0.2) is 0 Å². The molecular formula is C15H13Br2ClO. The molecule has 0 aromatic heterocycles. The number of para-hydroxylation sites is 1. The van der Waals surface area contributed by atoms with E-state index in [9.17, 15) is 0 Å². The SMILES string of the molecule is COc1ccccc1CC(Br)c1cc(Cl)cc(Br)c1. The lowest BCUT2D eigenvalue weighted by atomic mass is 10.0. The molecule has 0 amide bonds. The van der Waals surface area contributed by atoms with Crippen molar-refractivity contribution >= 4 is 43.5 Å². The second kappa shape index (κ2) is 6.78. The minimum absolute atomic E-state index is 0.193. The zero-order valence-electron chi connectivity index (χ0n) is 10.4. The summed E-state index contributed by atoms with van der Waals surface area (Å²) in [5, 5.41) is 0.730. The van der Waals surface area contributed by atoms with Crippen LogP contribution in [0.15, 0.2) is 46.9 Å². The van der Waals surface area contributed by atoms with Gasteiger partial charge in [-0.1, -0.05) is 61.7 Å². The monoisotopic (exact) mass is 402 g/mol. The molecule has 0 N–H and O–H groups in total. The van der Waals surface area contributed by atoms with Gasteiger partial charge in [0.25, 0.3) is 0 Å². The minimum Gasteiger partial charge on any atom is -0.496 e. The Morgan fingerprint density at radius 1 is 1.21 bits per heavy atom. The molecule has 1 nitrogen and oxygen atoms in total. The molecule has 100 valence electrons. The normalized spacial score (nSPS) is 12.2. The quantitative estimate of drug-likeness (QED) is 0.586. The summed E-state index contributed by atoms with van der Waals surface area (Å²) in [6.07, 6.45) is 0.844. The van der Waals surface area contributed by atoms with Crippen molar-refractivity contribution in [2.45, 2.75) is 11.2 Å². The van der Waals surface area contributed by atoms with Crippen LogP contribution in [-0.4, -0.2) is 7.11 Å². The Balaban J connectivity index is 2.22. The molecule has 2 aromatic rings. The Morgan fingerprint density at radius 2 is 1.95 bits per heavy atom. The predicted octanol–water partition coefficient (Wildman–Crippen LogP) is 5.79. The number of methoxy groups -OCH3 is 1. The van der Waals surface area contributed by atoms with Crippen LogP contribution in [0.2, 0.25) is 5.02 Å². The van der Waals surface area contributed by atoms with Gasteiger partial charge in [-0.15, -0.1) is 0 Å². The maximum atomic E-state index is 6.08. The molecule has 2 aromatic carbocycles. The number of hydrogen-bond acceptors (Lipinski definition) is 1. The fraction of sp³-hybridized carbons (Fsp3) is 0.200. The van der Waals surface area contributed by atoms with E-state index in [1.807, 2.05) is 30.3 Å². The summed E-state index contributed by atoms with van der Waals surface area (Å²) in [7, 11) is 1.69. The molecule has 4 heteroatoms. The lowest BCUT2D eigenvalue weighted by Crippen LogP contribution is -1.98. The summed E-state index contributed by atoms with van der Waals surface area (Å²) >= 11 is 13.3. The molecule has 0 spiro atoms. The van der Waals surface area contributed by atoms with Crippen LogP contribution in [0.4, 0.5) is 0 Å². The lowest BCUT2D eigenvalue weighted by molar-refractivity contribution is 0.409. The summed E-state index contributed by atoms with van der Waals surface area (Å²) in [4.78, 5) is 0.193. The van der Waals surface area contributed by atoms with Crippen LogP contribution < -0.4 is 4.74 Å². The average molecular weight is 405 g/mol. The molecule has 0 saturated carbocycles. The van der Waals surface area contributed by atoms with Crippen LogP contribution in [0, 0.1) is 0 Å². The Kier molecular flexibility index (Phi) is 5.31. The average Bonchev–Trinajstić information content (AvgIpc) is 2.38. The molecule has 1 unspecified atom stereocenters. The standard InChI is InChI=1S/C15H13Br2ClO/c1-19-15-5-3-2-4-10(15)8-14(17)11-6-12(16)9-13(18)7-11/h2-7,9,14H,8H2,1H3. The van der Waals surface area contributed by atoms with E-state index < -0.39 is 0 Å². The third-order valence-electron chi connectivity index (χ3n) is 2.84. The number of ether oxygens (including phenoxy) is 1. The first-order chi connectivity index (χ1) is 9.10. The summed E-state index contributed by atoms with van der Waals surface area (Å²) in [6, 6.07) is 14.0. The van der Waals surface area contributed by atoms with Crippen LogP contribution in [0.25, 0.3) is 0 Å². The minimum atomic E-state index is 0.193. The van der Waals surface area contributed by atoms with Gasteiger partial charge < -0.3 is 4.74 Å². The molecule has 1 atom stereocenters. The first-order valence-electron chi connectivity index (χ1n) is 5.82. The van der Waals surface area contributed by atoms with Gasteiger partial charge in [0.15, 0.2) is 0 Å². The van der Waals surface area contributed by atoms with Crippen molar-refractivity contribution in [1.29, 1.82) is 0 Å². The fourth-order valence-electron chi connectivity index (χ4n) is 1.94. The second-order valence-electron chi connectivity index (χ2n) is 4.19. The smallest absolute Gasteiger partial charge is 0.122 e. The second-order valence-corrected chi connectivity index (χ2v) is 6.64. The Bertz CT molecular complexity index is 552. The fourth-order valence-corrected chi connectivity index (χ4v) is 3.44. The molecule has 19 heavy (non-hydrogen) atoms. The first kappa shape index (κ1) is 14.9. The topological polar surface area (TPSA) is 9.23 Å². The molecule has 0 aliphatic rings. The molecular weight excluding hydrogens is 391 g/mol. The number of benzene rings is 2. The molecule has 0 bridgehead atoms. The molecule has 0 fully saturated rings. The van der Waals surface area contributed by atoms with Gasteiger partial charge in [-0.05, 0) is 41.8 Å². The van der Waals surface area contributed by atoms with E-state index in [1.165, 1.54) is 5.56 Å². The predicted molar refractivity (Wildman–Crippen MR) is 87.5 cm³/mol. The van der Waals surface area contributed by atoms with Gasteiger partial charge in [0.1, 0.15) is 5.75 Å². The highest BCUT2D eigenvalue weighted by molar-refractivity contribution is 9.10. The van der Waals surface area contributed by atoms with E-state index in [1.54, 1.807) is 7.11 Å². The third kappa shape index (κ3) is 3.98. The first-order valence-corrected chi connectivity index (χ1v) is 7.91. The number of rotatable bonds is 4. The van der Waals surface area contributed by atoms with Crippen molar-refractivity contribution < 1.29 is 4.74 Å². The van der Waals surface area contributed by atoms with Gasteiger partial charge in [0.2, 0.25) is 0 Å². The number of halogens is 3. The van der Waals surface area contributed by atoms with Crippen molar-refractivity contribution in [3.05, 3.63) is 63.1 Å². The Labute approximate surface area is 135 Å². The Morgan fingerprint density at radius 3 is 2.63 bits per heavy atom. The molecule has 0 heterocycles. The van der Waals surface area contributed by atoms with Gasteiger partial charge in [0.05, 0.1) is 7.11 Å². The van der Waals surface area contributed by atoms with Gasteiger partial charge in [0, 0.05) is 14.3 Å². The van der Waals surface area contributed by atoms with Crippen LogP contribution >= 0.6 is 43.5 Å². The molecule has 0 aliphatic carbocycles. The summed E-state index contributed by atoms with van der Waals surface area (Å²) in [5.74, 6) is 0.910. The zero-order valence-corrected chi connectivity index (χ0v) is 14.3. The van der Waals surface area contributed by atoms with Crippen LogP contribution in [0.1, 0.15) is 16.0 Å². The van der Waals surface area contributed by atoms with Gasteiger partial charge in [-0.2, -0.15) is 0 Å². The zero-order chi connectivity index (χ0) is 13.8. The maximum Gasteiger partial charge on any atom is 0.122 e. The van der Waals surface area contributed by atoms with Gasteiger partial charge >= 0.3 is 0 Å². The molecule has 0 radical (unpaired) electrons. The van der Waals surface area contributed by atoms with E-state index in [2.05, 4.69) is 44.0 Å². The highest BCUT2D eigenvalue weighted by Gasteiger charge is 2.12. The summed E-state index contributed by atoms with van der Waals surface area (Å²) in [6.45, 7) is 0. The maximum absolute atomic E-state index is 6.08. The molecule has 0 saturated heterocycles. The van der Waals surface area contributed by atoms with Crippen LogP contribution in [-0.2, 0) is 6.42 Å². The molecule has 2 rings (SSSR count). The van der Waals surface area contributed by atoms with Crippen molar-refractivity contribution in [3.63, 3.8) is 0 Å². The third-order valence-corrected chi connectivity index (χ3v) is 4.37. The van der Waals surface area contributed by atoms with Crippen LogP contribution in [0.5, 0.6) is 5.75 Å². The van der Waals surface area contributed by atoms with Crippen molar-refractivity contribution in [2.75, 3.05) is 7.11 Å². The highest BCUT2D eigenvalue weighted by atomic mass is 79.9. The van der Waals surface area contributed by atoms with E-state index in [0.717, 1.165) is 27.2 Å². The Hall–Kier alpha value is -0.510. The largest absolute Gasteiger partial charge is 0.496 e. The van der Waals surface area contributed by atoms with Crippen molar-refractivity contribution in [1.82, 2.24) is 0 Å². The van der Waals surface area contributed by atoms with E-state index >= 15 is 0 Å². The van der Waals surface area contributed by atoms with Crippen molar-refractivity contribution in [3.8, 4) is 5.75 Å². The highest BCUT2D eigenvalue weighted by Crippen LogP contribution is 2.33. The summed E-state index contributed by atoms with van der Waals surface area (Å²) in [5.41, 5.74) is 2.31. The number of alkyl halides is 1. The van der Waals surface area contributed by atoms with E-state index in [4.69, 9.17) is 16.3 Å². The van der Waals surface area contributed by atoms with Gasteiger partial charge in [-0.3, -0.25) is 0 Å². The van der Waals surface area contributed by atoms with E-state index in [0.29, 0.717) is 0 Å². The molecule has 0 aliphatic heterocycles. The van der Waals surface area contributed by atoms with E-state index in [-0.39, 0.29) is 4.83 Å². The lowest BCUT2D eigenvalue weighted by Gasteiger charge is -2.14. The summed E-state index contributed by atoms with van der Waals surface area (Å²) < 4.78 is 6.36. The van der Waals surface area contributed by atoms with Crippen molar-refractivity contribution in [2.24, 2.45) is 0 Å². The number of hydrogen-bond donors (Lipinski definition) is 0.